The third-order valence-electron chi connectivity index (χ3n) is 3.17. The molecule has 1 N–H and O–H groups in total. The van der Waals surface area contributed by atoms with Gasteiger partial charge in [0.2, 0.25) is 0 Å². The van der Waals surface area contributed by atoms with Crippen molar-refractivity contribution in [2.24, 2.45) is 0 Å². The van der Waals surface area contributed by atoms with Crippen LogP contribution < -0.4 is 10.1 Å². The van der Waals surface area contributed by atoms with E-state index < -0.39 is 0 Å². The van der Waals surface area contributed by atoms with Crippen LogP contribution in [0, 0.1) is 0 Å². The lowest BCUT2D eigenvalue weighted by Gasteiger charge is -2.15. The summed E-state index contributed by atoms with van der Waals surface area (Å²) in [5.74, 6) is 0.876. The van der Waals surface area contributed by atoms with E-state index in [1.807, 2.05) is 30.3 Å². The van der Waals surface area contributed by atoms with E-state index in [2.05, 4.69) is 31.3 Å². The van der Waals surface area contributed by atoms with Crippen LogP contribution in [0.25, 0.3) is 11.1 Å². The van der Waals surface area contributed by atoms with E-state index in [9.17, 15) is 0 Å². The summed E-state index contributed by atoms with van der Waals surface area (Å²) >= 11 is 6.13. The van der Waals surface area contributed by atoms with E-state index in [-0.39, 0.29) is 0 Å². The van der Waals surface area contributed by atoms with Gasteiger partial charge in [-0.05, 0) is 29.3 Å². The van der Waals surface area contributed by atoms with Crippen LogP contribution in [0.15, 0.2) is 42.5 Å². The van der Waals surface area contributed by atoms with Crippen LogP contribution in [0.5, 0.6) is 5.75 Å². The summed E-state index contributed by atoms with van der Waals surface area (Å²) in [4.78, 5) is 0. The van der Waals surface area contributed by atoms with Crippen LogP contribution in [-0.4, -0.2) is 13.2 Å². The van der Waals surface area contributed by atoms with E-state index in [1.54, 1.807) is 7.11 Å². The molecule has 0 radical (unpaired) electrons. The zero-order chi connectivity index (χ0) is 14.5. The Balaban J connectivity index is 2.44. The van der Waals surface area contributed by atoms with Gasteiger partial charge >= 0.3 is 0 Å². The van der Waals surface area contributed by atoms with Crippen molar-refractivity contribution in [3.63, 3.8) is 0 Å². The quantitative estimate of drug-likeness (QED) is 0.874. The predicted molar refractivity (Wildman–Crippen MR) is 85.4 cm³/mol. The minimum atomic E-state index is 0.430. The highest BCUT2D eigenvalue weighted by Crippen LogP contribution is 2.33. The topological polar surface area (TPSA) is 21.3 Å². The van der Waals surface area contributed by atoms with Crippen LogP contribution in [0.3, 0.4) is 0 Å². The highest BCUT2D eigenvalue weighted by atomic mass is 35.5. The fraction of sp³-hybridized carbons (Fsp3) is 0.294. The minimum absolute atomic E-state index is 0.430. The first-order valence-corrected chi connectivity index (χ1v) is 7.15. The fourth-order valence-electron chi connectivity index (χ4n) is 2.15. The molecule has 2 aromatic rings. The van der Waals surface area contributed by atoms with Crippen LogP contribution in [-0.2, 0) is 6.54 Å². The number of ether oxygens (including phenoxy) is 1. The third-order valence-corrected chi connectivity index (χ3v) is 3.40. The monoisotopic (exact) mass is 289 g/mol. The Morgan fingerprint density at radius 2 is 1.85 bits per heavy atom. The molecule has 3 heteroatoms. The molecule has 0 bridgehead atoms. The van der Waals surface area contributed by atoms with Crippen molar-refractivity contribution in [2.75, 3.05) is 7.11 Å². The van der Waals surface area contributed by atoms with Gasteiger partial charge in [-0.2, -0.15) is 0 Å². The molecule has 0 unspecified atom stereocenters. The molecule has 0 fully saturated rings. The summed E-state index contributed by atoms with van der Waals surface area (Å²) in [5.41, 5.74) is 3.42. The summed E-state index contributed by atoms with van der Waals surface area (Å²) in [6, 6.07) is 14.5. The van der Waals surface area contributed by atoms with Crippen molar-refractivity contribution < 1.29 is 4.74 Å². The fourth-order valence-corrected chi connectivity index (χ4v) is 2.35. The molecule has 20 heavy (non-hydrogen) atoms. The van der Waals surface area contributed by atoms with Crippen molar-refractivity contribution >= 4 is 11.6 Å². The number of rotatable bonds is 5. The number of nitrogens with one attached hydrogen (secondary N) is 1. The van der Waals surface area contributed by atoms with Gasteiger partial charge in [-0.25, -0.2) is 0 Å². The van der Waals surface area contributed by atoms with Crippen molar-refractivity contribution in [3.8, 4) is 16.9 Å². The highest BCUT2D eigenvalue weighted by Gasteiger charge is 2.10. The molecule has 2 rings (SSSR count). The molecule has 0 spiro atoms. The van der Waals surface area contributed by atoms with E-state index >= 15 is 0 Å². The van der Waals surface area contributed by atoms with Gasteiger partial charge in [0.05, 0.1) is 7.11 Å². The van der Waals surface area contributed by atoms with E-state index in [0.29, 0.717) is 6.04 Å². The number of para-hydroxylation sites is 1. The Morgan fingerprint density at radius 3 is 2.55 bits per heavy atom. The van der Waals surface area contributed by atoms with Gasteiger partial charge in [-0.3, -0.25) is 0 Å². The van der Waals surface area contributed by atoms with Crippen molar-refractivity contribution in [1.82, 2.24) is 5.32 Å². The standard InChI is InChI=1S/C17H20ClNO/c1-12(2)19-11-13-10-14(18)8-9-15(13)16-6-4-5-7-17(16)20-3/h4-10,12,19H,11H2,1-3H3. The van der Waals surface area contributed by atoms with E-state index in [1.165, 1.54) is 5.56 Å². The van der Waals surface area contributed by atoms with Gasteiger partial charge in [-0.1, -0.05) is 49.7 Å². The first-order valence-electron chi connectivity index (χ1n) is 6.77. The van der Waals surface area contributed by atoms with Crippen molar-refractivity contribution in [1.29, 1.82) is 0 Å². The molecule has 0 aliphatic rings. The molecule has 0 amide bonds. The van der Waals surface area contributed by atoms with Crippen molar-refractivity contribution in [3.05, 3.63) is 53.1 Å². The van der Waals surface area contributed by atoms with Gasteiger partial charge in [0.1, 0.15) is 5.75 Å². The zero-order valence-electron chi connectivity index (χ0n) is 12.1. The van der Waals surface area contributed by atoms with Gasteiger partial charge in [-0.15, -0.1) is 0 Å². The number of halogens is 1. The number of benzene rings is 2. The van der Waals surface area contributed by atoms with Crippen LogP contribution in [0.2, 0.25) is 5.02 Å². The molecular weight excluding hydrogens is 270 g/mol. The van der Waals surface area contributed by atoms with Crippen molar-refractivity contribution in [2.45, 2.75) is 26.4 Å². The third kappa shape index (κ3) is 3.53. The Morgan fingerprint density at radius 1 is 1.10 bits per heavy atom. The zero-order valence-corrected chi connectivity index (χ0v) is 12.9. The van der Waals surface area contributed by atoms with Gasteiger partial charge in [0.15, 0.2) is 0 Å². The highest BCUT2D eigenvalue weighted by molar-refractivity contribution is 6.30. The molecule has 0 saturated carbocycles. The maximum absolute atomic E-state index is 6.13. The minimum Gasteiger partial charge on any atom is -0.496 e. The molecule has 0 heterocycles. The normalized spacial score (nSPS) is 10.8. The molecular formula is C17H20ClNO. The van der Waals surface area contributed by atoms with Crippen LogP contribution >= 0.6 is 11.6 Å². The SMILES string of the molecule is COc1ccccc1-c1ccc(Cl)cc1CNC(C)C. The Hall–Kier alpha value is -1.51. The predicted octanol–water partition coefficient (Wildman–Crippen LogP) is 4.51. The maximum atomic E-state index is 6.13. The van der Waals surface area contributed by atoms with Crippen LogP contribution in [0.1, 0.15) is 19.4 Å². The summed E-state index contributed by atoms with van der Waals surface area (Å²) in [5, 5.41) is 4.19. The first kappa shape index (κ1) is 14.9. The van der Waals surface area contributed by atoms with E-state index in [4.69, 9.17) is 16.3 Å². The van der Waals surface area contributed by atoms with Gasteiger partial charge < -0.3 is 10.1 Å². The second-order valence-corrected chi connectivity index (χ2v) is 5.47. The average molecular weight is 290 g/mol. The second kappa shape index (κ2) is 6.78. The van der Waals surface area contributed by atoms with Gasteiger partial charge in [0, 0.05) is 23.2 Å². The molecule has 106 valence electrons. The number of hydrogen-bond acceptors (Lipinski definition) is 2. The Kier molecular flexibility index (Phi) is 5.05. The van der Waals surface area contributed by atoms with Gasteiger partial charge in [0.25, 0.3) is 0 Å². The number of methoxy groups -OCH3 is 1. The Bertz CT molecular complexity index is 581. The summed E-state index contributed by atoms with van der Waals surface area (Å²) in [6.07, 6.45) is 0. The lowest BCUT2D eigenvalue weighted by atomic mass is 9.98. The first-order chi connectivity index (χ1) is 9.61. The second-order valence-electron chi connectivity index (χ2n) is 5.04. The summed E-state index contributed by atoms with van der Waals surface area (Å²) in [7, 11) is 1.70. The lowest BCUT2D eigenvalue weighted by Crippen LogP contribution is -2.22. The Labute approximate surface area is 125 Å². The van der Waals surface area contributed by atoms with E-state index in [0.717, 1.165) is 28.4 Å². The van der Waals surface area contributed by atoms with Crippen LogP contribution in [0.4, 0.5) is 0 Å². The molecule has 0 aromatic heterocycles. The lowest BCUT2D eigenvalue weighted by molar-refractivity contribution is 0.416. The molecule has 0 aliphatic carbocycles. The average Bonchev–Trinajstić information content (AvgIpc) is 2.45. The summed E-state index contributed by atoms with van der Waals surface area (Å²) in [6.45, 7) is 5.05. The molecule has 0 atom stereocenters. The maximum Gasteiger partial charge on any atom is 0.126 e. The molecule has 2 aromatic carbocycles. The summed E-state index contributed by atoms with van der Waals surface area (Å²) < 4.78 is 5.46. The number of hydrogen-bond donors (Lipinski definition) is 1. The molecule has 2 nitrogen and oxygen atoms in total. The molecule has 0 aliphatic heterocycles. The molecule has 0 saturated heterocycles. The smallest absolute Gasteiger partial charge is 0.126 e. The largest absolute Gasteiger partial charge is 0.496 e.